The van der Waals surface area contributed by atoms with Crippen molar-refractivity contribution in [3.63, 3.8) is 0 Å². The number of aliphatic hydroxyl groups excluding tert-OH is 3. The second kappa shape index (κ2) is 7.24. The van der Waals surface area contributed by atoms with Gasteiger partial charge in [0.2, 0.25) is 0 Å². The Balaban J connectivity index is 1.58. The highest BCUT2D eigenvalue weighted by Gasteiger charge is 2.65. The van der Waals surface area contributed by atoms with Crippen LogP contribution in [0.25, 0.3) is 0 Å². The van der Waals surface area contributed by atoms with Gasteiger partial charge in [-0.3, -0.25) is 4.79 Å². The molecule has 4 N–H and O–H groups in total. The van der Waals surface area contributed by atoms with E-state index >= 15 is 0 Å². The number of carboxylic acid groups (broad SMARTS) is 1. The van der Waals surface area contributed by atoms with E-state index in [0.717, 1.165) is 51.4 Å². The highest BCUT2D eigenvalue weighted by molar-refractivity contribution is 5.66. The zero-order chi connectivity index (χ0) is 20.3. The highest BCUT2D eigenvalue weighted by atomic mass is 16.4. The Morgan fingerprint density at radius 1 is 1.00 bits per heavy atom. The van der Waals surface area contributed by atoms with Crippen LogP contribution in [-0.2, 0) is 4.79 Å². The Hall–Kier alpha value is -0.650. The Morgan fingerprint density at radius 2 is 1.75 bits per heavy atom. The monoisotopic (exact) mass is 394 g/mol. The van der Waals surface area contributed by atoms with Gasteiger partial charge >= 0.3 is 5.97 Å². The smallest absolute Gasteiger partial charge is 0.303 e. The lowest BCUT2D eigenvalue weighted by Gasteiger charge is -2.63. The molecule has 0 spiro atoms. The van der Waals surface area contributed by atoms with Gasteiger partial charge in [0.15, 0.2) is 0 Å². The molecule has 0 amide bonds. The Bertz CT molecular complexity index is 608. The van der Waals surface area contributed by atoms with Crippen LogP contribution in [0.4, 0.5) is 0 Å². The van der Waals surface area contributed by atoms with Gasteiger partial charge in [0.1, 0.15) is 0 Å². The summed E-state index contributed by atoms with van der Waals surface area (Å²) >= 11 is 0. The first kappa shape index (κ1) is 20.6. The summed E-state index contributed by atoms with van der Waals surface area (Å²) in [5.74, 6) is 0.810. The summed E-state index contributed by atoms with van der Waals surface area (Å²) in [4.78, 5) is 10.9. The minimum atomic E-state index is -0.745. The molecule has 0 bridgehead atoms. The maximum Gasteiger partial charge on any atom is 0.303 e. The molecule has 4 rings (SSSR count). The molecular formula is C23H38O5. The molecule has 0 aromatic carbocycles. The normalized spacial score (nSPS) is 53.2. The number of fused-ring (bicyclic) bond motifs is 5. The highest BCUT2D eigenvalue weighted by Crippen LogP contribution is 2.67. The molecule has 4 aliphatic carbocycles. The van der Waals surface area contributed by atoms with Crippen LogP contribution in [-0.4, -0.2) is 44.7 Å². The zero-order valence-electron chi connectivity index (χ0n) is 17.4. The van der Waals surface area contributed by atoms with Crippen LogP contribution < -0.4 is 0 Å². The van der Waals surface area contributed by atoms with Crippen LogP contribution in [0.3, 0.4) is 0 Å². The summed E-state index contributed by atoms with van der Waals surface area (Å²) in [6.45, 7) is 4.56. The van der Waals surface area contributed by atoms with E-state index in [4.69, 9.17) is 5.11 Å². The lowest BCUT2D eigenvalue weighted by molar-refractivity contribution is -0.204. The number of aliphatic carboxylic acids is 1. The summed E-state index contributed by atoms with van der Waals surface area (Å²) in [5.41, 5.74) is -0.106. The molecule has 0 aromatic heterocycles. The van der Waals surface area contributed by atoms with Gasteiger partial charge in [-0.25, -0.2) is 0 Å². The van der Waals surface area contributed by atoms with Gasteiger partial charge in [0, 0.05) is 6.42 Å². The number of hydrogen-bond acceptors (Lipinski definition) is 4. The summed E-state index contributed by atoms with van der Waals surface area (Å²) < 4.78 is 0. The SMILES string of the molecule is C[C@]12C(CC[C@@H]1CCCC(=O)O)C1C(C[C@@H]2O)[C@@]2(C)CC[C@@H](O)C[C@H]2C[C@H]1O. The third-order valence-corrected chi connectivity index (χ3v) is 9.90. The standard InChI is InChI=1S/C23H38O5/c1-22-9-8-15(24)10-14(22)11-18(25)21-16-7-6-13(4-3-5-20(27)28)23(16,2)19(26)12-17(21)22/h13-19,21,24-26H,3-12H2,1-2H3,(H,27,28)/t13-,14-,15+,16?,17?,18+,19-,21?,22-,23+/m0/s1. The molecule has 3 unspecified atom stereocenters. The number of carboxylic acids is 1. The van der Waals surface area contributed by atoms with Crippen molar-refractivity contribution in [2.24, 2.45) is 40.4 Å². The molecular weight excluding hydrogens is 356 g/mol. The molecule has 0 aromatic rings. The van der Waals surface area contributed by atoms with E-state index in [0.29, 0.717) is 30.1 Å². The number of carbonyl (C=O) groups is 1. The third kappa shape index (κ3) is 3.04. The number of hydrogen-bond donors (Lipinski definition) is 4. The lowest BCUT2D eigenvalue weighted by Crippen LogP contribution is -2.62. The van der Waals surface area contributed by atoms with Gasteiger partial charge in [-0.15, -0.1) is 0 Å². The average molecular weight is 395 g/mol. The van der Waals surface area contributed by atoms with Crippen LogP contribution in [0.2, 0.25) is 0 Å². The Morgan fingerprint density at radius 3 is 2.46 bits per heavy atom. The van der Waals surface area contributed by atoms with Crippen molar-refractivity contribution in [3.8, 4) is 0 Å². The third-order valence-electron chi connectivity index (χ3n) is 9.90. The quantitative estimate of drug-likeness (QED) is 0.587. The second-order valence-corrected chi connectivity index (χ2v) is 10.9. The molecule has 0 saturated heterocycles. The van der Waals surface area contributed by atoms with Gasteiger partial charge in [-0.1, -0.05) is 13.8 Å². The van der Waals surface area contributed by atoms with Gasteiger partial charge in [0.25, 0.3) is 0 Å². The van der Waals surface area contributed by atoms with E-state index in [2.05, 4.69) is 13.8 Å². The largest absolute Gasteiger partial charge is 0.481 e. The molecule has 5 nitrogen and oxygen atoms in total. The van der Waals surface area contributed by atoms with Crippen LogP contribution in [0, 0.1) is 40.4 Å². The van der Waals surface area contributed by atoms with E-state index in [1.54, 1.807) is 0 Å². The van der Waals surface area contributed by atoms with E-state index in [-0.39, 0.29) is 41.5 Å². The van der Waals surface area contributed by atoms with E-state index in [1.165, 1.54) is 0 Å². The topological polar surface area (TPSA) is 98.0 Å². The predicted molar refractivity (Wildman–Crippen MR) is 105 cm³/mol. The molecule has 4 aliphatic rings. The molecule has 5 heteroatoms. The molecule has 0 heterocycles. The van der Waals surface area contributed by atoms with Gasteiger partial charge in [0.05, 0.1) is 18.3 Å². The fourth-order valence-corrected chi connectivity index (χ4v) is 8.26. The lowest BCUT2D eigenvalue weighted by atomic mass is 9.43. The fraction of sp³-hybridized carbons (Fsp3) is 0.957. The van der Waals surface area contributed by atoms with Crippen molar-refractivity contribution < 1.29 is 25.2 Å². The fourth-order valence-electron chi connectivity index (χ4n) is 8.26. The average Bonchev–Trinajstić information content (AvgIpc) is 2.95. The molecule has 4 saturated carbocycles. The first-order valence-electron chi connectivity index (χ1n) is 11.4. The maximum absolute atomic E-state index is 11.4. The van der Waals surface area contributed by atoms with Crippen LogP contribution in [0.1, 0.15) is 78.1 Å². The minimum Gasteiger partial charge on any atom is -0.481 e. The first-order chi connectivity index (χ1) is 13.2. The van der Waals surface area contributed by atoms with Crippen LogP contribution in [0.5, 0.6) is 0 Å². The number of rotatable bonds is 4. The van der Waals surface area contributed by atoms with Crippen LogP contribution in [0.15, 0.2) is 0 Å². The van der Waals surface area contributed by atoms with Crippen molar-refractivity contribution >= 4 is 5.97 Å². The summed E-state index contributed by atoms with van der Waals surface area (Å²) in [6, 6.07) is 0. The van der Waals surface area contributed by atoms with Crippen molar-refractivity contribution in [2.45, 2.75) is 96.4 Å². The molecule has 4 fully saturated rings. The molecule has 28 heavy (non-hydrogen) atoms. The van der Waals surface area contributed by atoms with Gasteiger partial charge in [-0.05, 0) is 98.2 Å². The summed E-state index contributed by atoms with van der Waals surface area (Å²) in [6.07, 6.45) is 6.95. The van der Waals surface area contributed by atoms with Crippen molar-refractivity contribution in [3.05, 3.63) is 0 Å². The molecule has 0 aliphatic heterocycles. The van der Waals surface area contributed by atoms with Crippen molar-refractivity contribution in [2.75, 3.05) is 0 Å². The van der Waals surface area contributed by atoms with E-state index in [1.807, 2.05) is 0 Å². The van der Waals surface area contributed by atoms with Crippen LogP contribution >= 0.6 is 0 Å². The van der Waals surface area contributed by atoms with Gasteiger partial charge in [-0.2, -0.15) is 0 Å². The Labute approximate surface area is 168 Å². The minimum absolute atomic E-state index is 0.104. The molecule has 160 valence electrons. The first-order valence-corrected chi connectivity index (χ1v) is 11.4. The Kier molecular flexibility index (Phi) is 5.33. The van der Waals surface area contributed by atoms with Crippen molar-refractivity contribution in [1.82, 2.24) is 0 Å². The molecule has 0 radical (unpaired) electrons. The van der Waals surface area contributed by atoms with E-state index < -0.39 is 5.97 Å². The summed E-state index contributed by atoms with van der Waals surface area (Å²) in [7, 11) is 0. The number of aliphatic hydroxyl groups is 3. The second-order valence-electron chi connectivity index (χ2n) is 10.9. The van der Waals surface area contributed by atoms with Gasteiger partial charge < -0.3 is 20.4 Å². The zero-order valence-corrected chi connectivity index (χ0v) is 17.4. The van der Waals surface area contributed by atoms with Crippen molar-refractivity contribution in [1.29, 1.82) is 0 Å². The van der Waals surface area contributed by atoms with E-state index in [9.17, 15) is 20.1 Å². The maximum atomic E-state index is 11.4. The predicted octanol–water partition coefficient (Wildman–Crippen LogP) is 3.20. The summed E-state index contributed by atoms with van der Waals surface area (Å²) in [5, 5.41) is 41.7. The molecule has 10 atom stereocenters.